The van der Waals surface area contributed by atoms with E-state index >= 15 is 0 Å². The van der Waals surface area contributed by atoms with Crippen LogP contribution in [0.15, 0.2) is 30.3 Å². The van der Waals surface area contributed by atoms with E-state index in [9.17, 15) is 14.3 Å². The van der Waals surface area contributed by atoms with Crippen LogP contribution in [0.5, 0.6) is 0 Å². The Kier molecular flexibility index (Phi) is 5.04. The molecular formula is C14H18FNO2. The van der Waals surface area contributed by atoms with Gasteiger partial charge in [0.2, 0.25) is 5.91 Å². The molecule has 0 heterocycles. The summed E-state index contributed by atoms with van der Waals surface area (Å²) >= 11 is 0. The van der Waals surface area contributed by atoms with Crippen molar-refractivity contribution < 1.29 is 14.3 Å². The second-order valence-electron chi connectivity index (χ2n) is 4.42. The van der Waals surface area contributed by atoms with Gasteiger partial charge in [-0.1, -0.05) is 25.1 Å². The van der Waals surface area contributed by atoms with Crippen LogP contribution in [0.4, 0.5) is 4.39 Å². The van der Waals surface area contributed by atoms with Gasteiger partial charge in [-0.2, -0.15) is 0 Å². The molecule has 0 aliphatic rings. The number of carbonyl (C=O) groups is 1. The highest BCUT2D eigenvalue weighted by Crippen LogP contribution is 2.08. The Hall–Kier alpha value is -1.68. The van der Waals surface area contributed by atoms with E-state index in [-0.39, 0.29) is 18.3 Å². The van der Waals surface area contributed by atoms with Crippen molar-refractivity contribution in [3.8, 4) is 0 Å². The minimum absolute atomic E-state index is 0.171. The number of amides is 1. The van der Waals surface area contributed by atoms with E-state index in [0.717, 1.165) is 0 Å². The van der Waals surface area contributed by atoms with Crippen LogP contribution in [0.2, 0.25) is 0 Å². The third-order valence-corrected chi connectivity index (χ3v) is 2.72. The summed E-state index contributed by atoms with van der Waals surface area (Å²) in [5.41, 5.74) is -0.559. The summed E-state index contributed by atoms with van der Waals surface area (Å²) in [6.45, 7) is 3.65. The molecule has 4 heteroatoms. The Balaban J connectivity index is 2.53. The number of benzene rings is 1. The molecule has 1 unspecified atom stereocenters. The first kappa shape index (κ1) is 14.4. The minimum atomic E-state index is -0.915. The molecule has 1 rings (SSSR count). The van der Waals surface area contributed by atoms with Crippen LogP contribution >= 0.6 is 0 Å². The Morgan fingerprint density at radius 3 is 2.78 bits per heavy atom. The molecule has 3 nitrogen and oxygen atoms in total. The van der Waals surface area contributed by atoms with Crippen molar-refractivity contribution in [2.24, 2.45) is 0 Å². The van der Waals surface area contributed by atoms with E-state index in [0.29, 0.717) is 12.0 Å². The van der Waals surface area contributed by atoms with Crippen molar-refractivity contribution in [1.29, 1.82) is 0 Å². The van der Waals surface area contributed by atoms with Crippen molar-refractivity contribution in [3.05, 3.63) is 41.7 Å². The van der Waals surface area contributed by atoms with E-state index in [4.69, 9.17) is 0 Å². The molecule has 0 aromatic heterocycles. The number of halogens is 1. The van der Waals surface area contributed by atoms with E-state index in [2.05, 4.69) is 5.32 Å². The molecule has 1 amide bonds. The third kappa shape index (κ3) is 4.67. The molecule has 0 saturated carbocycles. The predicted molar refractivity (Wildman–Crippen MR) is 69.4 cm³/mol. The highest BCUT2D eigenvalue weighted by Gasteiger charge is 2.17. The smallest absolute Gasteiger partial charge is 0.244 e. The van der Waals surface area contributed by atoms with Gasteiger partial charge in [0.05, 0.1) is 5.60 Å². The summed E-state index contributed by atoms with van der Waals surface area (Å²) in [6.07, 6.45) is 3.21. The maximum absolute atomic E-state index is 13.2. The van der Waals surface area contributed by atoms with Crippen molar-refractivity contribution >= 4 is 12.0 Å². The molecule has 0 saturated heterocycles. The van der Waals surface area contributed by atoms with Crippen molar-refractivity contribution in [2.75, 3.05) is 6.54 Å². The molecule has 1 atom stereocenters. The summed E-state index contributed by atoms with van der Waals surface area (Å²) in [7, 11) is 0. The Morgan fingerprint density at radius 2 is 2.17 bits per heavy atom. The number of carbonyl (C=O) groups excluding carboxylic acids is 1. The zero-order valence-corrected chi connectivity index (χ0v) is 10.6. The standard InChI is InChI=1S/C14H18FNO2/c1-3-14(2,18)10-16-13(17)9-8-11-6-4-5-7-12(11)15/h4-9,18H,3,10H2,1-2H3,(H,16,17). The molecule has 0 aliphatic carbocycles. The topological polar surface area (TPSA) is 49.3 Å². The van der Waals surface area contributed by atoms with Gasteiger partial charge >= 0.3 is 0 Å². The summed E-state index contributed by atoms with van der Waals surface area (Å²) in [6, 6.07) is 6.20. The van der Waals surface area contributed by atoms with Gasteiger partial charge in [-0.25, -0.2) is 4.39 Å². The number of aliphatic hydroxyl groups is 1. The molecule has 0 aliphatic heterocycles. The zero-order valence-electron chi connectivity index (χ0n) is 10.6. The third-order valence-electron chi connectivity index (χ3n) is 2.72. The molecular weight excluding hydrogens is 233 g/mol. The number of nitrogens with one attached hydrogen (secondary N) is 1. The van der Waals surface area contributed by atoms with Crippen LogP contribution in [0.3, 0.4) is 0 Å². The highest BCUT2D eigenvalue weighted by atomic mass is 19.1. The lowest BCUT2D eigenvalue weighted by molar-refractivity contribution is -0.117. The fraction of sp³-hybridized carbons (Fsp3) is 0.357. The molecule has 0 radical (unpaired) electrons. The molecule has 0 bridgehead atoms. The first-order valence-corrected chi connectivity index (χ1v) is 5.87. The van der Waals surface area contributed by atoms with E-state index in [1.54, 1.807) is 25.1 Å². The molecule has 1 aromatic carbocycles. The van der Waals surface area contributed by atoms with E-state index in [1.807, 2.05) is 6.92 Å². The Labute approximate surface area is 106 Å². The molecule has 2 N–H and O–H groups in total. The van der Waals surface area contributed by atoms with Crippen LogP contribution in [0.25, 0.3) is 6.08 Å². The maximum Gasteiger partial charge on any atom is 0.244 e. The average molecular weight is 251 g/mol. The fourth-order valence-electron chi connectivity index (χ4n) is 1.24. The number of hydrogen-bond donors (Lipinski definition) is 2. The first-order valence-electron chi connectivity index (χ1n) is 5.87. The molecule has 1 aromatic rings. The lowest BCUT2D eigenvalue weighted by atomic mass is 10.0. The molecule has 18 heavy (non-hydrogen) atoms. The van der Waals surface area contributed by atoms with Crippen molar-refractivity contribution in [1.82, 2.24) is 5.32 Å². The normalized spacial score (nSPS) is 14.4. The quantitative estimate of drug-likeness (QED) is 0.787. The molecule has 98 valence electrons. The summed E-state index contributed by atoms with van der Waals surface area (Å²) in [5.74, 6) is -0.728. The van der Waals surface area contributed by atoms with Gasteiger partial charge < -0.3 is 10.4 Å². The van der Waals surface area contributed by atoms with E-state index < -0.39 is 5.60 Å². The van der Waals surface area contributed by atoms with Crippen LogP contribution in [-0.4, -0.2) is 23.2 Å². The first-order chi connectivity index (χ1) is 8.44. The van der Waals surface area contributed by atoms with Crippen LogP contribution < -0.4 is 5.32 Å². The van der Waals surface area contributed by atoms with Crippen molar-refractivity contribution in [3.63, 3.8) is 0 Å². The van der Waals surface area contributed by atoms with Gasteiger partial charge in [0.1, 0.15) is 5.82 Å². The van der Waals surface area contributed by atoms with Crippen LogP contribution in [-0.2, 0) is 4.79 Å². The second-order valence-corrected chi connectivity index (χ2v) is 4.42. The fourth-order valence-corrected chi connectivity index (χ4v) is 1.24. The maximum atomic E-state index is 13.2. The van der Waals surface area contributed by atoms with Gasteiger partial charge in [-0.3, -0.25) is 4.79 Å². The lowest BCUT2D eigenvalue weighted by Crippen LogP contribution is -2.39. The van der Waals surface area contributed by atoms with Gasteiger partial charge in [0.25, 0.3) is 0 Å². The molecule has 0 fully saturated rings. The highest BCUT2D eigenvalue weighted by molar-refractivity contribution is 5.91. The van der Waals surface area contributed by atoms with Gasteiger partial charge in [0, 0.05) is 18.2 Å². The SMILES string of the molecule is CCC(C)(O)CNC(=O)C=Cc1ccccc1F. The monoisotopic (exact) mass is 251 g/mol. The van der Waals surface area contributed by atoms with Gasteiger partial charge in [-0.05, 0) is 25.5 Å². The summed E-state index contributed by atoms with van der Waals surface area (Å²) < 4.78 is 13.2. The van der Waals surface area contributed by atoms with Crippen LogP contribution in [0.1, 0.15) is 25.8 Å². The second kappa shape index (κ2) is 6.31. The Morgan fingerprint density at radius 1 is 1.50 bits per heavy atom. The van der Waals surface area contributed by atoms with E-state index in [1.165, 1.54) is 18.2 Å². The zero-order chi connectivity index (χ0) is 13.6. The summed E-state index contributed by atoms with van der Waals surface area (Å²) in [4.78, 5) is 11.5. The summed E-state index contributed by atoms with van der Waals surface area (Å²) in [5, 5.41) is 12.3. The predicted octanol–water partition coefficient (Wildman–Crippen LogP) is 2.12. The lowest BCUT2D eigenvalue weighted by Gasteiger charge is -2.20. The number of rotatable bonds is 5. The minimum Gasteiger partial charge on any atom is -0.388 e. The number of hydrogen-bond acceptors (Lipinski definition) is 2. The van der Waals surface area contributed by atoms with Gasteiger partial charge in [0.15, 0.2) is 0 Å². The van der Waals surface area contributed by atoms with Gasteiger partial charge in [-0.15, -0.1) is 0 Å². The largest absolute Gasteiger partial charge is 0.388 e. The Bertz CT molecular complexity index is 441. The van der Waals surface area contributed by atoms with Crippen LogP contribution in [0, 0.1) is 5.82 Å². The van der Waals surface area contributed by atoms with Crippen molar-refractivity contribution in [2.45, 2.75) is 25.9 Å². The average Bonchev–Trinajstić information content (AvgIpc) is 2.35. The molecule has 0 spiro atoms.